The topological polar surface area (TPSA) is 112 Å². The number of carbonyl (C=O) groups excluding carboxylic acids is 2. The van der Waals surface area contributed by atoms with Crippen molar-refractivity contribution in [3.05, 3.63) is 48.2 Å². The normalized spacial score (nSPS) is 18.2. The molecule has 0 radical (unpaired) electrons. The number of hydrogen-bond acceptors (Lipinski definition) is 5. The molecule has 4 rings (SSSR count). The van der Waals surface area contributed by atoms with Crippen LogP contribution in [0.2, 0.25) is 0 Å². The monoisotopic (exact) mass is 444 g/mol. The van der Waals surface area contributed by atoms with Gasteiger partial charge in [-0.15, -0.1) is 5.10 Å². The van der Waals surface area contributed by atoms with E-state index in [0.717, 1.165) is 5.56 Å². The minimum absolute atomic E-state index is 0.0183. The Morgan fingerprint density at radius 2 is 2.06 bits per heavy atom. The van der Waals surface area contributed by atoms with Crippen LogP contribution in [-0.2, 0) is 4.79 Å². The smallest absolute Gasteiger partial charge is 0.320 e. The molecule has 1 aromatic carbocycles. The number of nitrogens with zero attached hydrogens (tertiary/aromatic N) is 3. The van der Waals surface area contributed by atoms with Crippen molar-refractivity contribution in [2.45, 2.75) is 25.3 Å². The molecule has 3 aromatic rings. The highest BCUT2D eigenvalue weighted by Crippen LogP contribution is 2.28. The van der Waals surface area contributed by atoms with Crippen molar-refractivity contribution in [3.8, 4) is 5.88 Å². The van der Waals surface area contributed by atoms with Gasteiger partial charge in [-0.3, -0.25) is 15.2 Å². The van der Waals surface area contributed by atoms with Crippen molar-refractivity contribution in [3.63, 3.8) is 0 Å². The third kappa shape index (κ3) is 4.76. The lowest BCUT2D eigenvalue weighted by Gasteiger charge is -2.20. The van der Waals surface area contributed by atoms with Gasteiger partial charge in [0.15, 0.2) is 6.61 Å². The minimum atomic E-state index is -2.62. The maximum absolute atomic E-state index is 12.6. The molecule has 3 heterocycles. The molecule has 9 nitrogen and oxygen atoms in total. The molecule has 2 aromatic heterocycles. The van der Waals surface area contributed by atoms with Crippen LogP contribution in [0.3, 0.4) is 0 Å². The van der Waals surface area contributed by atoms with Crippen molar-refractivity contribution < 1.29 is 23.1 Å². The summed E-state index contributed by atoms with van der Waals surface area (Å²) in [7, 11) is 0. The zero-order chi connectivity index (χ0) is 22.7. The molecule has 1 saturated heterocycles. The van der Waals surface area contributed by atoms with Crippen LogP contribution in [0.1, 0.15) is 18.4 Å². The van der Waals surface area contributed by atoms with Crippen LogP contribution in [0.5, 0.6) is 5.88 Å². The Labute approximate surface area is 182 Å². The molecule has 32 heavy (non-hydrogen) atoms. The lowest BCUT2D eigenvalue weighted by molar-refractivity contribution is -0.127. The molecular weight excluding hydrogens is 422 g/mol. The molecule has 0 unspecified atom stereocenters. The summed E-state index contributed by atoms with van der Waals surface area (Å²) in [5, 5.41) is 12.5. The maximum atomic E-state index is 12.6. The van der Waals surface area contributed by atoms with Crippen LogP contribution in [0, 0.1) is 0 Å². The number of carbonyl (C=O) groups is 2. The number of halogens is 2. The summed E-state index contributed by atoms with van der Waals surface area (Å²) in [5.41, 5.74) is 1.51. The molecule has 0 aliphatic carbocycles. The van der Waals surface area contributed by atoms with Gasteiger partial charge in [-0.25, -0.2) is 18.6 Å². The summed E-state index contributed by atoms with van der Waals surface area (Å²) >= 11 is 0. The number of nitrogens with one attached hydrogen (secondary N) is 3. The van der Waals surface area contributed by atoms with Crippen molar-refractivity contribution >= 4 is 28.7 Å². The summed E-state index contributed by atoms with van der Waals surface area (Å²) < 4.78 is 29.7. The Hall–Kier alpha value is -3.76. The van der Waals surface area contributed by atoms with E-state index >= 15 is 0 Å². The van der Waals surface area contributed by atoms with Gasteiger partial charge < -0.3 is 15.0 Å². The molecule has 0 spiro atoms. The van der Waals surface area contributed by atoms with Crippen LogP contribution in [-0.4, -0.2) is 64.2 Å². The zero-order valence-electron chi connectivity index (χ0n) is 17.2. The molecule has 0 saturated carbocycles. The maximum Gasteiger partial charge on any atom is 0.320 e. The number of likely N-dealkylation sites (tertiary alicyclic amines) is 1. The van der Waals surface area contributed by atoms with Crippen LogP contribution < -0.4 is 15.4 Å². The van der Waals surface area contributed by atoms with Crippen LogP contribution in [0.15, 0.2) is 42.6 Å². The van der Waals surface area contributed by atoms with E-state index in [0.29, 0.717) is 24.0 Å². The Morgan fingerprint density at radius 3 is 2.78 bits per heavy atom. The second-order valence-corrected chi connectivity index (χ2v) is 7.49. The summed E-state index contributed by atoms with van der Waals surface area (Å²) in [6, 6.07) is 10.5. The lowest BCUT2D eigenvalue weighted by atomic mass is 9.94. The van der Waals surface area contributed by atoms with Crippen LogP contribution in [0.25, 0.3) is 10.9 Å². The summed E-state index contributed by atoms with van der Waals surface area (Å²) in [6.07, 6.45) is -1.23. The number of fused-ring (bicyclic) bond motifs is 1. The Kier molecular flexibility index (Phi) is 6.15. The van der Waals surface area contributed by atoms with E-state index in [1.54, 1.807) is 4.90 Å². The molecule has 11 heteroatoms. The first-order valence-corrected chi connectivity index (χ1v) is 10.0. The predicted octanol–water partition coefficient (Wildman–Crippen LogP) is 2.74. The van der Waals surface area contributed by atoms with E-state index in [4.69, 9.17) is 4.74 Å². The second kappa shape index (κ2) is 9.16. The van der Waals surface area contributed by atoms with E-state index in [2.05, 4.69) is 25.8 Å². The number of ether oxygens (including phenoxy) is 1. The number of anilines is 1. The van der Waals surface area contributed by atoms with Gasteiger partial charge in [0, 0.05) is 38.2 Å². The van der Waals surface area contributed by atoms with Crippen LogP contribution in [0.4, 0.5) is 19.4 Å². The van der Waals surface area contributed by atoms with E-state index in [1.165, 1.54) is 19.2 Å². The van der Waals surface area contributed by atoms with Crippen molar-refractivity contribution in [1.82, 2.24) is 25.4 Å². The third-order valence-corrected chi connectivity index (χ3v) is 5.31. The Bertz CT molecular complexity index is 1110. The number of benzene rings is 1. The van der Waals surface area contributed by atoms with Crippen molar-refractivity contribution in [1.29, 1.82) is 0 Å². The molecule has 1 aliphatic heterocycles. The highest BCUT2D eigenvalue weighted by molar-refractivity contribution is 5.92. The molecular formula is C21H22F2N6O3. The van der Waals surface area contributed by atoms with E-state index in [1.807, 2.05) is 30.3 Å². The van der Waals surface area contributed by atoms with Gasteiger partial charge in [0.25, 0.3) is 6.43 Å². The van der Waals surface area contributed by atoms with Gasteiger partial charge in [0.05, 0.1) is 16.9 Å². The average molecular weight is 444 g/mol. The number of amides is 3. The van der Waals surface area contributed by atoms with Crippen LogP contribution >= 0.6 is 0 Å². The second-order valence-electron chi connectivity index (χ2n) is 7.49. The number of urea groups is 1. The molecule has 1 fully saturated rings. The number of aromatic amines is 1. The van der Waals surface area contributed by atoms with E-state index in [9.17, 15) is 18.4 Å². The van der Waals surface area contributed by atoms with Gasteiger partial charge in [-0.1, -0.05) is 30.3 Å². The van der Waals surface area contributed by atoms with Gasteiger partial charge in [0.1, 0.15) is 5.82 Å². The molecule has 1 aliphatic rings. The lowest BCUT2D eigenvalue weighted by Crippen LogP contribution is -2.42. The highest BCUT2D eigenvalue weighted by Gasteiger charge is 2.36. The fourth-order valence-electron chi connectivity index (χ4n) is 3.78. The predicted molar refractivity (Wildman–Crippen MR) is 113 cm³/mol. The number of pyridine rings is 1. The minimum Gasteiger partial charge on any atom is -0.470 e. The summed E-state index contributed by atoms with van der Waals surface area (Å²) in [5.74, 6) is 0.178. The fourth-order valence-corrected chi connectivity index (χ4v) is 3.78. The molecule has 3 N–H and O–H groups in total. The highest BCUT2D eigenvalue weighted by atomic mass is 19.3. The van der Waals surface area contributed by atoms with E-state index < -0.39 is 19.1 Å². The first-order valence-electron chi connectivity index (χ1n) is 10.0. The summed E-state index contributed by atoms with van der Waals surface area (Å²) in [6.45, 7) is 1.65. The number of aromatic nitrogens is 3. The number of H-pyrrole nitrogens is 1. The summed E-state index contributed by atoms with van der Waals surface area (Å²) in [4.78, 5) is 30.4. The third-order valence-electron chi connectivity index (χ3n) is 5.31. The molecule has 168 valence electrons. The van der Waals surface area contributed by atoms with Crippen molar-refractivity contribution in [2.24, 2.45) is 0 Å². The van der Waals surface area contributed by atoms with Gasteiger partial charge in [-0.05, 0) is 5.56 Å². The Balaban J connectivity index is 1.44. The van der Waals surface area contributed by atoms with E-state index in [-0.39, 0.29) is 29.6 Å². The van der Waals surface area contributed by atoms with Gasteiger partial charge in [-0.2, -0.15) is 0 Å². The number of alkyl halides is 2. The Morgan fingerprint density at radius 1 is 1.28 bits per heavy atom. The van der Waals surface area contributed by atoms with Crippen molar-refractivity contribution in [2.75, 3.05) is 25.0 Å². The zero-order valence-corrected chi connectivity index (χ0v) is 17.2. The SMILES string of the molecule is CC(=O)N1C[C@H](NC(=O)Nc2cc3[nH]nc(OCC(F)F)c3cn2)[C@@H](c2ccccc2)C1. The first kappa shape index (κ1) is 21.5. The first-order chi connectivity index (χ1) is 15.4. The number of rotatable bonds is 6. The fraction of sp³-hybridized carbons (Fsp3) is 0.333. The number of hydrogen-bond donors (Lipinski definition) is 3. The molecule has 2 atom stereocenters. The standard InChI is InChI=1S/C21H22F2N6O3/c1-12(30)29-9-15(13-5-3-2-4-6-13)17(10-29)25-21(31)26-19-7-16-14(8-24-19)20(28-27-16)32-11-18(22)23/h2-8,15,17-18H,9-11H2,1H3,(H,27,28)(H2,24,25,26,31)/t15-,17+/m1/s1. The largest absolute Gasteiger partial charge is 0.470 e. The molecule has 3 amide bonds. The van der Waals surface area contributed by atoms with Gasteiger partial charge in [0.2, 0.25) is 11.8 Å². The molecule has 0 bridgehead atoms. The average Bonchev–Trinajstić information content (AvgIpc) is 3.37. The van der Waals surface area contributed by atoms with Gasteiger partial charge >= 0.3 is 6.03 Å². The quantitative estimate of drug-likeness (QED) is 0.541.